The predicted molar refractivity (Wildman–Crippen MR) is 61.9 cm³/mol. The molecule has 0 atom stereocenters. The van der Waals surface area contributed by atoms with Crippen LogP contribution in [0.3, 0.4) is 0 Å². The Bertz CT molecular complexity index is 339. The minimum Gasteiger partial charge on any atom is -0.466 e. The minimum absolute atomic E-state index is 0.0706. The van der Waals surface area contributed by atoms with Crippen LogP contribution in [0.25, 0.3) is 0 Å². The molecule has 0 spiro atoms. The maximum absolute atomic E-state index is 11.9. The van der Waals surface area contributed by atoms with Crippen molar-refractivity contribution in [2.75, 3.05) is 18.6 Å². The predicted octanol–water partition coefficient (Wildman–Crippen LogP) is 1.54. The Hall–Kier alpha value is -0.580. The highest BCUT2D eigenvalue weighted by Gasteiger charge is 2.43. The summed E-state index contributed by atoms with van der Waals surface area (Å²) in [6.07, 6.45) is 5.36. The highest BCUT2D eigenvalue weighted by Crippen LogP contribution is 2.38. The number of ether oxygens (including phenoxy) is 1. The van der Waals surface area contributed by atoms with Crippen LogP contribution in [0.4, 0.5) is 0 Å². The zero-order chi connectivity index (χ0) is 12.2. The van der Waals surface area contributed by atoms with E-state index < -0.39 is 15.3 Å². The summed E-state index contributed by atoms with van der Waals surface area (Å²) in [5.74, 6) is -0.404. The van der Waals surface area contributed by atoms with Crippen molar-refractivity contribution in [2.24, 2.45) is 5.41 Å². The van der Waals surface area contributed by atoms with Crippen molar-refractivity contribution in [2.45, 2.75) is 39.0 Å². The number of carbonyl (C=O) groups is 1. The third-order valence-corrected chi connectivity index (χ3v) is 4.13. The van der Waals surface area contributed by atoms with Crippen molar-refractivity contribution in [3.63, 3.8) is 0 Å². The van der Waals surface area contributed by atoms with E-state index in [9.17, 15) is 13.2 Å². The molecule has 1 aliphatic rings. The molecule has 0 heterocycles. The van der Waals surface area contributed by atoms with E-state index in [1.165, 1.54) is 6.26 Å². The lowest BCUT2D eigenvalue weighted by molar-refractivity contribution is -0.156. The number of rotatable bonds is 4. The second kappa shape index (κ2) is 5.17. The van der Waals surface area contributed by atoms with Crippen LogP contribution in [0.5, 0.6) is 0 Å². The molecule has 0 saturated heterocycles. The van der Waals surface area contributed by atoms with E-state index in [0.29, 0.717) is 19.4 Å². The summed E-state index contributed by atoms with van der Waals surface area (Å²) in [7, 11) is -3.15. The largest absolute Gasteiger partial charge is 0.466 e. The van der Waals surface area contributed by atoms with Gasteiger partial charge >= 0.3 is 5.97 Å². The van der Waals surface area contributed by atoms with Crippen LogP contribution < -0.4 is 0 Å². The lowest BCUT2D eigenvalue weighted by atomic mass is 9.75. The van der Waals surface area contributed by atoms with E-state index >= 15 is 0 Å². The van der Waals surface area contributed by atoms with E-state index in [1.807, 2.05) is 0 Å². The molecule has 0 N–H and O–H groups in total. The molecular formula is C11H20O4S. The monoisotopic (exact) mass is 248 g/mol. The molecule has 5 heteroatoms. The SMILES string of the molecule is CCOC(=O)C1(CS(C)(=O)=O)CCCCC1. The molecule has 4 nitrogen and oxygen atoms in total. The summed E-state index contributed by atoms with van der Waals surface area (Å²) >= 11 is 0. The first-order valence-electron chi connectivity index (χ1n) is 5.74. The maximum atomic E-state index is 11.9. The molecule has 94 valence electrons. The van der Waals surface area contributed by atoms with Gasteiger partial charge in [-0.15, -0.1) is 0 Å². The van der Waals surface area contributed by atoms with Gasteiger partial charge in [0.1, 0.15) is 9.84 Å². The Balaban J connectivity index is 2.87. The first-order valence-corrected chi connectivity index (χ1v) is 7.81. The smallest absolute Gasteiger partial charge is 0.313 e. The topological polar surface area (TPSA) is 60.4 Å². The third kappa shape index (κ3) is 3.47. The van der Waals surface area contributed by atoms with Gasteiger partial charge in [0.25, 0.3) is 0 Å². The van der Waals surface area contributed by atoms with E-state index in [0.717, 1.165) is 19.3 Å². The highest BCUT2D eigenvalue weighted by atomic mass is 32.2. The fourth-order valence-electron chi connectivity index (χ4n) is 2.42. The van der Waals surface area contributed by atoms with Gasteiger partial charge in [-0.2, -0.15) is 0 Å². The summed E-state index contributed by atoms with van der Waals surface area (Å²) in [5, 5.41) is 0. The Morgan fingerprint density at radius 1 is 1.25 bits per heavy atom. The van der Waals surface area contributed by atoms with Gasteiger partial charge in [0, 0.05) is 6.26 Å². The number of esters is 1. The van der Waals surface area contributed by atoms with Gasteiger partial charge in [0.2, 0.25) is 0 Å². The van der Waals surface area contributed by atoms with Crippen LogP contribution in [-0.2, 0) is 19.4 Å². The second-order valence-corrected chi connectivity index (χ2v) is 6.77. The van der Waals surface area contributed by atoms with Crippen molar-refractivity contribution in [1.29, 1.82) is 0 Å². The fraction of sp³-hybridized carbons (Fsp3) is 0.909. The quantitative estimate of drug-likeness (QED) is 0.708. The average molecular weight is 248 g/mol. The zero-order valence-electron chi connectivity index (χ0n) is 9.99. The second-order valence-electron chi connectivity index (χ2n) is 4.63. The molecule has 0 bridgehead atoms. The van der Waals surface area contributed by atoms with E-state index in [1.54, 1.807) is 6.92 Å². The van der Waals surface area contributed by atoms with Crippen molar-refractivity contribution in [3.8, 4) is 0 Å². The maximum Gasteiger partial charge on any atom is 0.313 e. The van der Waals surface area contributed by atoms with Gasteiger partial charge in [-0.25, -0.2) is 8.42 Å². The first-order chi connectivity index (χ1) is 7.40. The van der Waals surface area contributed by atoms with Gasteiger partial charge in [-0.1, -0.05) is 19.3 Å². The third-order valence-electron chi connectivity index (χ3n) is 3.06. The van der Waals surface area contributed by atoms with Crippen LogP contribution in [0.1, 0.15) is 39.0 Å². The van der Waals surface area contributed by atoms with Crippen LogP contribution in [0, 0.1) is 5.41 Å². The lowest BCUT2D eigenvalue weighted by Crippen LogP contribution is -2.41. The van der Waals surface area contributed by atoms with Gasteiger partial charge in [-0.05, 0) is 19.8 Å². The highest BCUT2D eigenvalue weighted by molar-refractivity contribution is 7.90. The molecule has 1 saturated carbocycles. The molecule has 0 radical (unpaired) electrons. The van der Waals surface area contributed by atoms with Gasteiger partial charge in [-0.3, -0.25) is 4.79 Å². The molecule has 0 aromatic heterocycles. The minimum atomic E-state index is -3.15. The zero-order valence-corrected chi connectivity index (χ0v) is 10.8. The van der Waals surface area contributed by atoms with Crippen LogP contribution in [0.2, 0.25) is 0 Å². The normalized spacial score (nSPS) is 20.4. The Morgan fingerprint density at radius 3 is 2.25 bits per heavy atom. The number of hydrogen-bond donors (Lipinski definition) is 0. The molecule has 0 amide bonds. The van der Waals surface area contributed by atoms with Gasteiger partial charge < -0.3 is 4.74 Å². The first kappa shape index (κ1) is 13.5. The number of hydrogen-bond acceptors (Lipinski definition) is 4. The molecule has 1 fully saturated rings. The van der Waals surface area contributed by atoms with Crippen molar-refractivity contribution in [1.82, 2.24) is 0 Å². The summed E-state index contributed by atoms with van der Waals surface area (Å²) in [5.41, 5.74) is -0.776. The Kier molecular flexibility index (Phi) is 4.35. The van der Waals surface area contributed by atoms with Crippen LogP contribution >= 0.6 is 0 Å². The van der Waals surface area contributed by atoms with Crippen LogP contribution in [-0.4, -0.2) is 33.0 Å². The standard InChI is InChI=1S/C11H20O4S/c1-3-15-10(12)11(9-16(2,13)14)7-5-4-6-8-11/h3-9H2,1-2H3. The van der Waals surface area contributed by atoms with Gasteiger partial charge in [0.15, 0.2) is 0 Å². The molecule has 0 aromatic rings. The van der Waals surface area contributed by atoms with Crippen molar-refractivity contribution in [3.05, 3.63) is 0 Å². The molecular weight excluding hydrogens is 228 g/mol. The van der Waals surface area contributed by atoms with E-state index in [4.69, 9.17) is 4.74 Å². The number of sulfone groups is 1. The average Bonchev–Trinajstić information content (AvgIpc) is 2.17. The molecule has 0 aliphatic heterocycles. The summed E-state index contributed by atoms with van der Waals surface area (Å²) < 4.78 is 27.8. The van der Waals surface area contributed by atoms with Crippen molar-refractivity contribution < 1.29 is 17.9 Å². The molecule has 0 aromatic carbocycles. The summed E-state index contributed by atoms with van der Waals surface area (Å²) in [4.78, 5) is 11.9. The number of carbonyl (C=O) groups excluding carboxylic acids is 1. The Morgan fingerprint density at radius 2 is 1.81 bits per heavy atom. The van der Waals surface area contributed by atoms with Crippen LogP contribution in [0.15, 0.2) is 0 Å². The summed E-state index contributed by atoms with van der Waals surface area (Å²) in [6, 6.07) is 0. The van der Waals surface area contributed by atoms with Gasteiger partial charge in [0.05, 0.1) is 17.8 Å². The van der Waals surface area contributed by atoms with E-state index in [-0.39, 0.29) is 11.7 Å². The van der Waals surface area contributed by atoms with E-state index in [2.05, 4.69) is 0 Å². The van der Waals surface area contributed by atoms with Crippen molar-refractivity contribution >= 4 is 15.8 Å². The Labute approximate surface area is 97.3 Å². The molecule has 1 rings (SSSR count). The lowest BCUT2D eigenvalue weighted by Gasteiger charge is -2.33. The fourth-order valence-corrected chi connectivity index (χ4v) is 3.83. The summed E-state index contributed by atoms with van der Waals surface area (Å²) in [6.45, 7) is 2.05. The molecule has 1 aliphatic carbocycles. The molecule has 0 unspecified atom stereocenters. The molecule has 16 heavy (non-hydrogen) atoms.